The highest BCUT2D eigenvalue weighted by Gasteiger charge is 2.35. The van der Waals surface area contributed by atoms with Gasteiger partial charge in [-0.25, -0.2) is 4.39 Å². The number of amides is 1. The number of carbonyl (C=O) groups excluding carboxylic acids is 1. The fourth-order valence-electron chi connectivity index (χ4n) is 4.16. The van der Waals surface area contributed by atoms with Gasteiger partial charge in [0.05, 0.1) is 20.3 Å². The highest BCUT2D eigenvalue weighted by Crippen LogP contribution is 2.38. The van der Waals surface area contributed by atoms with Crippen molar-refractivity contribution in [3.05, 3.63) is 83.7 Å². The Morgan fingerprint density at radius 1 is 1.00 bits per heavy atom. The lowest BCUT2D eigenvalue weighted by Gasteiger charge is -2.38. The maximum absolute atomic E-state index is 13.5. The van der Waals surface area contributed by atoms with Crippen molar-refractivity contribution in [3.63, 3.8) is 0 Å². The summed E-state index contributed by atoms with van der Waals surface area (Å²) in [6.07, 6.45) is -0.0237. The molecule has 3 aromatic rings. The van der Waals surface area contributed by atoms with Crippen LogP contribution in [0.2, 0.25) is 0 Å². The summed E-state index contributed by atoms with van der Waals surface area (Å²) in [5.74, 6) is 1.89. The predicted molar refractivity (Wildman–Crippen MR) is 126 cm³/mol. The molecule has 0 N–H and O–H groups in total. The fraction of sp³-hybridized carbons (Fsp3) is 0.296. The third-order valence-corrected chi connectivity index (χ3v) is 5.91. The van der Waals surface area contributed by atoms with Crippen LogP contribution in [-0.4, -0.2) is 44.3 Å². The third kappa shape index (κ3) is 5.09. The maximum atomic E-state index is 13.5. The van der Waals surface area contributed by atoms with Crippen LogP contribution in [0.25, 0.3) is 0 Å². The first-order valence-corrected chi connectivity index (χ1v) is 11.2. The summed E-state index contributed by atoms with van der Waals surface area (Å²) >= 11 is 0. The van der Waals surface area contributed by atoms with Crippen molar-refractivity contribution in [2.75, 3.05) is 27.4 Å². The van der Waals surface area contributed by atoms with Gasteiger partial charge in [-0.3, -0.25) is 4.79 Å². The summed E-state index contributed by atoms with van der Waals surface area (Å²) in [6, 6.07) is 18.6. The molecule has 1 amide bonds. The van der Waals surface area contributed by atoms with Gasteiger partial charge in [0.2, 0.25) is 0 Å². The van der Waals surface area contributed by atoms with Gasteiger partial charge < -0.3 is 23.8 Å². The molecule has 0 saturated carbocycles. The maximum Gasteiger partial charge on any atom is 0.263 e. The van der Waals surface area contributed by atoms with Crippen LogP contribution in [0.3, 0.4) is 0 Å². The normalized spacial score (nSPS) is 15.8. The van der Waals surface area contributed by atoms with Crippen LogP contribution in [-0.2, 0) is 11.2 Å². The number of benzene rings is 3. The van der Waals surface area contributed by atoms with Gasteiger partial charge in [0.1, 0.15) is 23.9 Å². The van der Waals surface area contributed by atoms with E-state index in [9.17, 15) is 9.18 Å². The number of hydrogen-bond acceptors (Lipinski definition) is 5. The number of rotatable bonds is 8. The molecule has 3 aromatic carbocycles. The lowest BCUT2D eigenvalue weighted by Crippen LogP contribution is -2.47. The molecule has 2 unspecified atom stereocenters. The summed E-state index contributed by atoms with van der Waals surface area (Å²) in [6.45, 7) is 2.44. The van der Waals surface area contributed by atoms with Crippen molar-refractivity contribution in [3.8, 4) is 23.0 Å². The van der Waals surface area contributed by atoms with Crippen LogP contribution >= 0.6 is 0 Å². The Morgan fingerprint density at radius 2 is 1.68 bits per heavy atom. The molecule has 7 heteroatoms. The molecular formula is C27H28FNO5. The van der Waals surface area contributed by atoms with Crippen LogP contribution in [0.15, 0.2) is 66.7 Å². The summed E-state index contributed by atoms with van der Waals surface area (Å²) < 4.78 is 36.2. The monoisotopic (exact) mass is 465 g/mol. The second-order valence-corrected chi connectivity index (χ2v) is 8.04. The smallest absolute Gasteiger partial charge is 0.263 e. The first-order valence-electron chi connectivity index (χ1n) is 11.2. The molecule has 6 nitrogen and oxygen atoms in total. The highest BCUT2D eigenvalue weighted by molar-refractivity contribution is 5.82. The van der Waals surface area contributed by atoms with Gasteiger partial charge in [0.15, 0.2) is 17.6 Å². The molecule has 34 heavy (non-hydrogen) atoms. The van der Waals surface area contributed by atoms with E-state index in [2.05, 4.69) is 0 Å². The zero-order valence-corrected chi connectivity index (χ0v) is 19.5. The minimum Gasteiger partial charge on any atom is -0.493 e. The summed E-state index contributed by atoms with van der Waals surface area (Å²) in [4.78, 5) is 15.3. The lowest BCUT2D eigenvalue weighted by atomic mass is 9.91. The first-order chi connectivity index (χ1) is 16.5. The summed E-state index contributed by atoms with van der Waals surface area (Å²) in [5, 5.41) is 0. The van der Waals surface area contributed by atoms with Crippen molar-refractivity contribution >= 4 is 5.91 Å². The molecule has 0 saturated heterocycles. The van der Waals surface area contributed by atoms with Crippen molar-refractivity contribution in [2.45, 2.75) is 25.5 Å². The average molecular weight is 466 g/mol. The van der Waals surface area contributed by atoms with Gasteiger partial charge in [0, 0.05) is 6.54 Å². The SMILES string of the molecule is COc1cc2c(cc1OC)C(COc1ccc(F)cc1)N(C(=O)C(C)Oc1ccccc1)CC2. The number of halogens is 1. The molecule has 4 rings (SSSR count). The second-order valence-electron chi connectivity index (χ2n) is 8.04. The van der Waals surface area contributed by atoms with Gasteiger partial charge in [-0.05, 0) is 73.0 Å². The number of fused-ring (bicyclic) bond motifs is 1. The number of hydrogen-bond donors (Lipinski definition) is 0. The largest absolute Gasteiger partial charge is 0.493 e. The lowest BCUT2D eigenvalue weighted by molar-refractivity contribution is -0.141. The molecule has 0 spiro atoms. The number of nitrogens with zero attached hydrogens (tertiary/aromatic N) is 1. The number of ether oxygens (including phenoxy) is 4. The highest BCUT2D eigenvalue weighted by atomic mass is 19.1. The zero-order valence-electron chi connectivity index (χ0n) is 19.5. The van der Waals surface area contributed by atoms with Crippen molar-refractivity contribution in [2.24, 2.45) is 0 Å². The van der Waals surface area contributed by atoms with E-state index >= 15 is 0 Å². The van der Waals surface area contributed by atoms with E-state index in [0.29, 0.717) is 36.0 Å². The standard InChI is InChI=1S/C27H28FNO5/c1-18(34-22-7-5-4-6-8-22)27(30)29-14-13-19-15-25(31-2)26(32-3)16-23(19)24(29)17-33-21-11-9-20(28)10-12-21/h4-12,15-16,18,24H,13-14,17H2,1-3H3. The Kier molecular flexibility index (Phi) is 7.21. The molecule has 1 aliphatic heterocycles. The molecule has 1 heterocycles. The Morgan fingerprint density at radius 3 is 2.35 bits per heavy atom. The van der Waals surface area contributed by atoms with Crippen LogP contribution in [0.1, 0.15) is 24.1 Å². The molecule has 178 valence electrons. The minimum atomic E-state index is -0.683. The van der Waals surface area contributed by atoms with E-state index in [1.165, 1.54) is 12.1 Å². The van der Waals surface area contributed by atoms with Crippen LogP contribution in [0, 0.1) is 5.82 Å². The molecule has 2 atom stereocenters. The summed E-state index contributed by atoms with van der Waals surface area (Å²) in [7, 11) is 3.18. The number of carbonyl (C=O) groups is 1. The summed E-state index contributed by atoms with van der Waals surface area (Å²) in [5.41, 5.74) is 1.98. The van der Waals surface area contributed by atoms with E-state index in [-0.39, 0.29) is 24.4 Å². The molecule has 0 aliphatic carbocycles. The topological polar surface area (TPSA) is 57.2 Å². The quantitative estimate of drug-likeness (QED) is 0.478. The van der Waals surface area contributed by atoms with Crippen LogP contribution in [0.4, 0.5) is 4.39 Å². The average Bonchev–Trinajstić information content (AvgIpc) is 2.87. The molecule has 0 aromatic heterocycles. The number of methoxy groups -OCH3 is 2. The molecule has 0 bridgehead atoms. The van der Waals surface area contributed by atoms with Gasteiger partial charge in [-0.2, -0.15) is 0 Å². The van der Waals surface area contributed by atoms with Crippen LogP contribution < -0.4 is 18.9 Å². The van der Waals surface area contributed by atoms with Crippen LogP contribution in [0.5, 0.6) is 23.0 Å². The zero-order chi connectivity index (χ0) is 24.1. The Balaban J connectivity index is 1.62. The van der Waals surface area contributed by atoms with E-state index < -0.39 is 6.10 Å². The van der Waals surface area contributed by atoms with E-state index in [1.54, 1.807) is 38.2 Å². The van der Waals surface area contributed by atoms with Gasteiger partial charge >= 0.3 is 0 Å². The molecule has 0 radical (unpaired) electrons. The minimum absolute atomic E-state index is 0.142. The predicted octanol–water partition coefficient (Wildman–Crippen LogP) is 4.82. The fourth-order valence-corrected chi connectivity index (χ4v) is 4.16. The number of para-hydroxylation sites is 1. The van der Waals surface area contributed by atoms with Crippen molar-refractivity contribution in [1.29, 1.82) is 0 Å². The Hall–Kier alpha value is -3.74. The second kappa shape index (κ2) is 10.5. The Bertz CT molecular complexity index is 1120. The first kappa shape index (κ1) is 23.4. The van der Waals surface area contributed by atoms with E-state index in [4.69, 9.17) is 18.9 Å². The van der Waals surface area contributed by atoms with Crippen molar-refractivity contribution in [1.82, 2.24) is 4.90 Å². The van der Waals surface area contributed by atoms with Gasteiger partial charge in [0.25, 0.3) is 5.91 Å². The molecule has 0 fully saturated rings. The molecule has 1 aliphatic rings. The third-order valence-electron chi connectivity index (χ3n) is 5.91. The Labute approximate surface area is 198 Å². The van der Waals surface area contributed by atoms with Gasteiger partial charge in [-0.15, -0.1) is 0 Å². The van der Waals surface area contributed by atoms with Gasteiger partial charge in [-0.1, -0.05) is 18.2 Å². The van der Waals surface area contributed by atoms with E-state index in [0.717, 1.165) is 11.1 Å². The molecular weight excluding hydrogens is 437 g/mol. The van der Waals surface area contributed by atoms with Crippen molar-refractivity contribution < 1.29 is 28.1 Å². The van der Waals surface area contributed by atoms with E-state index in [1.807, 2.05) is 42.5 Å².